The number of alkyl halides is 1. The molecule has 126 valence electrons. The minimum absolute atomic E-state index is 0.0570. The van der Waals surface area contributed by atoms with Crippen molar-refractivity contribution in [2.75, 3.05) is 13.2 Å². The molecular weight excluding hydrogens is 360 g/mol. The average Bonchev–Trinajstić information content (AvgIpc) is 2.52. The standard InChI is InChI=1S/C18H23BrO4/c1-4-8-16(20)22-11-12-23-17(21)18(2,3)13-15(19)14-9-6-5-7-10-14/h4-10,15H,11-13H2,1-3H3/b8-4+. The Morgan fingerprint density at radius 1 is 1.17 bits per heavy atom. The van der Waals surface area contributed by atoms with E-state index in [4.69, 9.17) is 9.47 Å². The summed E-state index contributed by atoms with van der Waals surface area (Å²) in [5.41, 5.74) is 0.478. The largest absolute Gasteiger partial charge is 0.462 e. The van der Waals surface area contributed by atoms with Gasteiger partial charge in [0.2, 0.25) is 0 Å². The number of ether oxygens (including phenoxy) is 2. The molecular formula is C18H23BrO4. The van der Waals surface area contributed by atoms with Gasteiger partial charge in [0.1, 0.15) is 13.2 Å². The Balaban J connectivity index is 2.43. The van der Waals surface area contributed by atoms with E-state index in [0.717, 1.165) is 5.56 Å². The Kier molecular flexibility index (Phi) is 8.03. The Labute approximate surface area is 146 Å². The van der Waals surface area contributed by atoms with Crippen LogP contribution in [0.25, 0.3) is 0 Å². The van der Waals surface area contributed by atoms with Crippen molar-refractivity contribution in [3.63, 3.8) is 0 Å². The lowest BCUT2D eigenvalue weighted by molar-refractivity contribution is -0.158. The van der Waals surface area contributed by atoms with Gasteiger partial charge in [0, 0.05) is 10.9 Å². The molecule has 1 unspecified atom stereocenters. The molecule has 1 atom stereocenters. The number of esters is 2. The van der Waals surface area contributed by atoms with E-state index >= 15 is 0 Å². The summed E-state index contributed by atoms with van der Waals surface area (Å²) in [6, 6.07) is 9.92. The van der Waals surface area contributed by atoms with Gasteiger partial charge in [-0.05, 0) is 32.8 Å². The van der Waals surface area contributed by atoms with Crippen LogP contribution in [0.5, 0.6) is 0 Å². The summed E-state index contributed by atoms with van der Waals surface area (Å²) in [5, 5.41) is 0. The molecule has 4 nitrogen and oxygen atoms in total. The number of carbonyl (C=O) groups excluding carboxylic acids is 2. The molecule has 0 aliphatic carbocycles. The van der Waals surface area contributed by atoms with Crippen LogP contribution >= 0.6 is 15.9 Å². The fourth-order valence-corrected chi connectivity index (χ4v) is 3.08. The Bertz CT molecular complexity index is 537. The van der Waals surface area contributed by atoms with Crippen LogP contribution in [0.2, 0.25) is 0 Å². The first kappa shape index (κ1) is 19.4. The molecule has 0 N–H and O–H groups in total. The summed E-state index contributed by atoms with van der Waals surface area (Å²) < 4.78 is 10.1. The molecule has 0 heterocycles. The zero-order chi connectivity index (χ0) is 17.3. The maximum absolute atomic E-state index is 12.2. The van der Waals surface area contributed by atoms with Crippen LogP contribution < -0.4 is 0 Å². The fraction of sp³-hybridized carbons (Fsp3) is 0.444. The van der Waals surface area contributed by atoms with Crippen LogP contribution in [0.1, 0.15) is 37.6 Å². The Morgan fingerprint density at radius 2 is 1.78 bits per heavy atom. The van der Waals surface area contributed by atoms with E-state index in [-0.39, 0.29) is 24.0 Å². The molecule has 0 radical (unpaired) electrons. The summed E-state index contributed by atoms with van der Waals surface area (Å²) >= 11 is 3.62. The first-order valence-electron chi connectivity index (χ1n) is 7.52. The second-order valence-corrected chi connectivity index (χ2v) is 6.87. The molecule has 1 aromatic rings. The van der Waals surface area contributed by atoms with Gasteiger partial charge in [-0.25, -0.2) is 4.79 Å². The van der Waals surface area contributed by atoms with Gasteiger partial charge in [-0.1, -0.05) is 52.3 Å². The van der Waals surface area contributed by atoms with Crippen molar-refractivity contribution in [1.82, 2.24) is 0 Å². The third kappa shape index (κ3) is 6.99. The molecule has 0 aliphatic rings. The smallest absolute Gasteiger partial charge is 0.330 e. The van der Waals surface area contributed by atoms with Crippen LogP contribution in [0.3, 0.4) is 0 Å². The summed E-state index contributed by atoms with van der Waals surface area (Å²) in [5.74, 6) is -0.743. The van der Waals surface area contributed by atoms with Crippen molar-refractivity contribution in [2.45, 2.75) is 32.0 Å². The van der Waals surface area contributed by atoms with Crippen molar-refractivity contribution in [3.05, 3.63) is 48.0 Å². The second kappa shape index (κ2) is 9.50. The molecule has 0 saturated carbocycles. The first-order chi connectivity index (χ1) is 10.9. The Hall–Kier alpha value is -1.62. The van der Waals surface area contributed by atoms with Gasteiger partial charge in [0.05, 0.1) is 5.41 Å². The van der Waals surface area contributed by atoms with Crippen molar-refractivity contribution in [2.24, 2.45) is 5.41 Å². The fourth-order valence-electron chi connectivity index (χ4n) is 1.97. The number of allylic oxidation sites excluding steroid dienone is 1. The van der Waals surface area contributed by atoms with Crippen molar-refractivity contribution >= 4 is 27.9 Å². The van der Waals surface area contributed by atoms with E-state index < -0.39 is 11.4 Å². The summed E-state index contributed by atoms with van der Waals surface area (Å²) in [6.45, 7) is 5.54. The minimum Gasteiger partial charge on any atom is -0.462 e. The number of benzene rings is 1. The quantitative estimate of drug-likeness (QED) is 0.292. The third-order valence-corrected chi connectivity index (χ3v) is 4.12. The number of hydrogen-bond donors (Lipinski definition) is 0. The second-order valence-electron chi connectivity index (χ2n) is 5.77. The average molecular weight is 383 g/mol. The van der Waals surface area contributed by atoms with Crippen LogP contribution in [0.15, 0.2) is 42.5 Å². The molecule has 0 amide bonds. The van der Waals surface area contributed by atoms with Gasteiger partial charge in [0.25, 0.3) is 0 Å². The number of halogens is 1. The molecule has 23 heavy (non-hydrogen) atoms. The summed E-state index contributed by atoms with van der Waals surface area (Å²) in [6.07, 6.45) is 3.52. The van der Waals surface area contributed by atoms with Crippen molar-refractivity contribution in [3.8, 4) is 0 Å². The normalized spacial score (nSPS) is 12.9. The highest BCUT2D eigenvalue weighted by Gasteiger charge is 2.32. The molecule has 1 rings (SSSR count). The van der Waals surface area contributed by atoms with Gasteiger partial charge in [-0.2, -0.15) is 0 Å². The van der Waals surface area contributed by atoms with E-state index in [9.17, 15) is 9.59 Å². The molecule has 0 spiro atoms. The zero-order valence-corrected chi connectivity index (χ0v) is 15.3. The van der Waals surface area contributed by atoms with Crippen LogP contribution in [0.4, 0.5) is 0 Å². The van der Waals surface area contributed by atoms with E-state index in [1.807, 2.05) is 44.2 Å². The Morgan fingerprint density at radius 3 is 2.39 bits per heavy atom. The van der Waals surface area contributed by atoms with Gasteiger partial charge in [-0.15, -0.1) is 0 Å². The maximum Gasteiger partial charge on any atom is 0.330 e. The van der Waals surface area contributed by atoms with Gasteiger partial charge >= 0.3 is 11.9 Å². The first-order valence-corrected chi connectivity index (χ1v) is 8.44. The predicted octanol–water partition coefficient (Wildman–Crippen LogP) is 4.20. The molecule has 0 aromatic heterocycles. The monoisotopic (exact) mass is 382 g/mol. The van der Waals surface area contributed by atoms with Crippen molar-refractivity contribution < 1.29 is 19.1 Å². The highest BCUT2D eigenvalue weighted by molar-refractivity contribution is 9.09. The molecule has 0 fully saturated rings. The van der Waals surface area contributed by atoms with Crippen molar-refractivity contribution in [1.29, 1.82) is 0 Å². The minimum atomic E-state index is -0.642. The summed E-state index contributed by atoms with van der Waals surface area (Å²) in [7, 11) is 0. The van der Waals surface area contributed by atoms with E-state index in [1.54, 1.807) is 13.0 Å². The summed E-state index contributed by atoms with van der Waals surface area (Å²) in [4.78, 5) is 23.4. The van der Waals surface area contributed by atoms with Crippen LogP contribution in [-0.2, 0) is 19.1 Å². The number of carbonyl (C=O) groups is 2. The highest BCUT2D eigenvalue weighted by Crippen LogP contribution is 2.36. The molecule has 0 aliphatic heterocycles. The molecule has 1 aromatic carbocycles. The molecule has 5 heteroatoms. The van der Waals surface area contributed by atoms with Crippen LogP contribution in [0, 0.1) is 5.41 Å². The SMILES string of the molecule is C/C=C/C(=O)OCCOC(=O)C(C)(C)CC(Br)c1ccccc1. The lowest BCUT2D eigenvalue weighted by Gasteiger charge is -2.25. The topological polar surface area (TPSA) is 52.6 Å². The number of rotatable bonds is 8. The van der Waals surface area contributed by atoms with E-state index in [0.29, 0.717) is 6.42 Å². The van der Waals surface area contributed by atoms with Gasteiger partial charge in [0.15, 0.2) is 0 Å². The zero-order valence-electron chi connectivity index (χ0n) is 13.8. The molecule has 0 saturated heterocycles. The van der Waals surface area contributed by atoms with Gasteiger partial charge < -0.3 is 9.47 Å². The lowest BCUT2D eigenvalue weighted by atomic mass is 9.86. The van der Waals surface area contributed by atoms with E-state index in [1.165, 1.54) is 6.08 Å². The predicted molar refractivity (Wildman–Crippen MR) is 93.2 cm³/mol. The third-order valence-electron chi connectivity index (χ3n) is 3.27. The molecule has 0 bridgehead atoms. The van der Waals surface area contributed by atoms with Gasteiger partial charge in [-0.3, -0.25) is 4.79 Å². The van der Waals surface area contributed by atoms with E-state index in [2.05, 4.69) is 15.9 Å². The lowest BCUT2D eigenvalue weighted by Crippen LogP contribution is -2.29. The highest BCUT2D eigenvalue weighted by atomic mass is 79.9. The van der Waals surface area contributed by atoms with Crippen LogP contribution in [-0.4, -0.2) is 25.2 Å². The number of hydrogen-bond acceptors (Lipinski definition) is 4. The maximum atomic E-state index is 12.2.